The first-order valence-electron chi connectivity index (χ1n) is 5.75. The van der Waals surface area contributed by atoms with E-state index in [4.69, 9.17) is 5.73 Å². The summed E-state index contributed by atoms with van der Waals surface area (Å²) >= 11 is 0. The number of carbonyl (C=O) groups excluding carboxylic acids is 2. The first-order chi connectivity index (χ1) is 8.54. The van der Waals surface area contributed by atoms with Gasteiger partial charge in [0.25, 0.3) is 0 Å². The molecule has 0 aliphatic carbocycles. The molecule has 0 aliphatic rings. The van der Waals surface area contributed by atoms with Gasteiger partial charge in [-0.15, -0.1) is 0 Å². The highest BCUT2D eigenvalue weighted by Gasteiger charge is 2.07. The van der Waals surface area contributed by atoms with Crippen LogP contribution in [0.2, 0.25) is 0 Å². The number of methoxy groups -OCH3 is 1. The minimum atomic E-state index is -0.508. The number of carbonyl (C=O) groups is 2. The van der Waals surface area contributed by atoms with Gasteiger partial charge in [0.15, 0.2) is 0 Å². The van der Waals surface area contributed by atoms with Gasteiger partial charge in [0.05, 0.1) is 18.7 Å². The molecule has 0 fully saturated rings. The molecule has 1 atom stereocenters. The predicted octanol–water partition coefficient (Wildman–Crippen LogP) is 0.479. The molecule has 5 nitrogen and oxygen atoms in total. The minimum Gasteiger partial charge on any atom is -0.465 e. The van der Waals surface area contributed by atoms with Crippen LogP contribution in [0.25, 0.3) is 0 Å². The molecule has 0 aliphatic heterocycles. The fraction of sp³-hybridized carbons (Fsp3) is 0.385. The zero-order chi connectivity index (χ0) is 13.5. The lowest BCUT2D eigenvalue weighted by atomic mass is 10.1. The molecular weight excluding hydrogens is 232 g/mol. The molecule has 0 spiro atoms. The van der Waals surface area contributed by atoms with Crippen LogP contribution in [-0.4, -0.2) is 31.6 Å². The fourth-order valence-corrected chi connectivity index (χ4v) is 1.46. The van der Waals surface area contributed by atoms with E-state index in [1.54, 1.807) is 25.1 Å². The van der Waals surface area contributed by atoms with Crippen LogP contribution in [0.3, 0.4) is 0 Å². The summed E-state index contributed by atoms with van der Waals surface area (Å²) in [4.78, 5) is 22.6. The van der Waals surface area contributed by atoms with Crippen LogP contribution < -0.4 is 11.1 Å². The van der Waals surface area contributed by atoms with Crippen molar-refractivity contribution < 1.29 is 14.3 Å². The van der Waals surface area contributed by atoms with Crippen molar-refractivity contribution in [3.05, 3.63) is 35.4 Å². The zero-order valence-electron chi connectivity index (χ0n) is 10.6. The average molecular weight is 250 g/mol. The molecule has 0 bridgehead atoms. The van der Waals surface area contributed by atoms with Gasteiger partial charge in [-0.1, -0.05) is 12.1 Å². The van der Waals surface area contributed by atoms with Crippen LogP contribution in [-0.2, 0) is 16.0 Å². The third kappa shape index (κ3) is 4.18. The van der Waals surface area contributed by atoms with E-state index < -0.39 is 6.04 Å². The quantitative estimate of drug-likeness (QED) is 0.745. The second-order valence-electron chi connectivity index (χ2n) is 4.02. The Kier molecular flexibility index (Phi) is 5.32. The monoisotopic (exact) mass is 250 g/mol. The molecule has 98 valence electrons. The first kappa shape index (κ1) is 14.2. The molecule has 1 aromatic rings. The van der Waals surface area contributed by atoms with Crippen LogP contribution >= 0.6 is 0 Å². The normalized spacial score (nSPS) is 11.7. The Bertz CT molecular complexity index is 430. The van der Waals surface area contributed by atoms with Gasteiger partial charge in [-0.2, -0.15) is 0 Å². The van der Waals surface area contributed by atoms with Crippen molar-refractivity contribution in [1.82, 2.24) is 5.32 Å². The maximum Gasteiger partial charge on any atom is 0.337 e. The molecule has 1 rings (SSSR count). The molecule has 1 amide bonds. The van der Waals surface area contributed by atoms with Crippen molar-refractivity contribution in [2.45, 2.75) is 19.4 Å². The SMILES string of the molecule is COC(=O)c1cccc(CCNC(=O)[C@@H](C)N)c1. The molecular formula is C13H18N2O3. The van der Waals surface area contributed by atoms with Crippen molar-refractivity contribution in [2.24, 2.45) is 5.73 Å². The molecule has 1 aromatic carbocycles. The maximum absolute atomic E-state index is 11.3. The summed E-state index contributed by atoms with van der Waals surface area (Å²) in [5, 5.41) is 2.71. The third-order valence-electron chi connectivity index (χ3n) is 2.47. The summed E-state index contributed by atoms with van der Waals surface area (Å²) in [6.45, 7) is 2.12. The van der Waals surface area contributed by atoms with Crippen molar-refractivity contribution in [3.63, 3.8) is 0 Å². The Morgan fingerprint density at radius 2 is 2.17 bits per heavy atom. The number of nitrogens with one attached hydrogen (secondary N) is 1. The van der Waals surface area contributed by atoms with E-state index >= 15 is 0 Å². The highest BCUT2D eigenvalue weighted by atomic mass is 16.5. The number of benzene rings is 1. The van der Waals surface area contributed by atoms with Gasteiger partial charge < -0.3 is 15.8 Å². The van der Waals surface area contributed by atoms with Crippen molar-refractivity contribution >= 4 is 11.9 Å². The second-order valence-corrected chi connectivity index (χ2v) is 4.02. The summed E-state index contributed by atoms with van der Waals surface area (Å²) in [6.07, 6.45) is 0.642. The number of rotatable bonds is 5. The van der Waals surface area contributed by atoms with Crippen LogP contribution in [0, 0.1) is 0 Å². The van der Waals surface area contributed by atoms with E-state index in [2.05, 4.69) is 10.1 Å². The molecule has 0 aromatic heterocycles. The van der Waals surface area contributed by atoms with Gasteiger partial charge in [0.2, 0.25) is 5.91 Å². The number of amides is 1. The summed E-state index contributed by atoms with van der Waals surface area (Å²) in [6, 6.07) is 6.62. The van der Waals surface area contributed by atoms with E-state index in [0.717, 1.165) is 5.56 Å². The van der Waals surface area contributed by atoms with Crippen LogP contribution in [0.5, 0.6) is 0 Å². The number of hydrogen-bond acceptors (Lipinski definition) is 4. The van der Waals surface area contributed by atoms with E-state index in [1.165, 1.54) is 7.11 Å². The summed E-state index contributed by atoms with van der Waals surface area (Å²) < 4.78 is 4.64. The lowest BCUT2D eigenvalue weighted by Crippen LogP contribution is -2.39. The van der Waals surface area contributed by atoms with Crippen molar-refractivity contribution in [1.29, 1.82) is 0 Å². The van der Waals surface area contributed by atoms with E-state index in [0.29, 0.717) is 18.5 Å². The highest BCUT2D eigenvalue weighted by Crippen LogP contribution is 2.07. The van der Waals surface area contributed by atoms with Gasteiger partial charge >= 0.3 is 5.97 Å². The van der Waals surface area contributed by atoms with Gasteiger partial charge in [-0.25, -0.2) is 4.79 Å². The Labute approximate surface area is 106 Å². The van der Waals surface area contributed by atoms with Crippen LogP contribution in [0.15, 0.2) is 24.3 Å². The Balaban J connectivity index is 2.53. The maximum atomic E-state index is 11.3. The standard InChI is InChI=1S/C13H18N2O3/c1-9(14)12(16)15-7-6-10-4-3-5-11(8-10)13(17)18-2/h3-5,8-9H,6-7,14H2,1-2H3,(H,15,16)/t9-/m1/s1. The van der Waals surface area contributed by atoms with Crippen LogP contribution in [0.1, 0.15) is 22.8 Å². The van der Waals surface area contributed by atoms with E-state index in [1.807, 2.05) is 6.07 Å². The molecule has 0 saturated heterocycles. The summed E-state index contributed by atoms with van der Waals surface area (Å²) in [5.74, 6) is -0.546. The topological polar surface area (TPSA) is 81.4 Å². The largest absolute Gasteiger partial charge is 0.465 e. The molecule has 18 heavy (non-hydrogen) atoms. The minimum absolute atomic E-state index is 0.181. The smallest absolute Gasteiger partial charge is 0.337 e. The molecule has 0 radical (unpaired) electrons. The van der Waals surface area contributed by atoms with E-state index in [9.17, 15) is 9.59 Å². The third-order valence-corrected chi connectivity index (χ3v) is 2.47. The number of nitrogens with two attached hydrogens (primary N) is 1. The average Bonchev–Trinajstić information content (AvgIpc) is 2.37. The second kappa shape index (κ2) is 6.76. The zero-order valence-corrected chi connectivity index (χ0v) is 10.6. The van der Waals surface area contributed by atoms with Gasteiger partial charge in [0, 0.05) is 6.54 Å². The molecule has 5 heteroatoms. The van der Waals surface area contributed by atoms with Gasteiger partial charge in [-0.3, -0.25) is 4.79 Å². The first-order valence-corrected chi connectivity index (χ1v) is 5.75. The Morgan fingerprint density at radius 1 is 1.44 bits per heavy atom. The molecule has 0 saturated carbocycles. The number of ether oxygens (including phenoxy) is 1. The van der Waals surface area contributed by atoms with Crippen LogP contribution in [0.4, 0.5) is 0 Å². The Morgan fingerprint density at radius 3 is 2.78 bits per heavy atom. The highest BCUT2D eigenvalue weighted by molar-refractivity contribution is 5.89. The van der Waals surface area contributed by atoms with Crippen molar-refractivity contribution in [2.75, 3.05) is 13.7 Å². The number of hydrogen-bond donors (Lipinski definition) is 2. The number of esters is 1. The molecule has 0 unspecified atom stereocenters. The summed E-state index contributed by atoms with van der Waals surface area (Å²) in [5.41, 5.74) is 6.89. The lowest BCUT2D eigenvalue weighted by molar-refractivity contribution is -0.121. The summed E-state index contributed by atoms with van der Waals surface area (Å²) in [7, 11) is 1.35. The molecule has 3 N–H and O–H groups in total. The fourth-order valence-electron chi connectivity index (χ4n) is 1.46. The molecule has 0 heterocycles. The van der Waals surface area contributed by atoms with Crippen molar-refractivity contribution in [3.8, 4) is 0 Å². The van der Waals surface area contributed by atoms with E-state index in [-0.39, 0.29) is 11.9 Å². The van der Waals surface area contributed by atoms with Gasteiger partial charge in [0.1, 0.15) is 0 Å². The van der Waals surface area contributed by atoms with Gasteiger partial charge in [-0.05, 0) is 31.0 Å². The Hall–Kier alpha value is -1.88. The predicted molar refractivity (Wildman–Crippen MR) is 68.1 cm³/mol. The lowest BCUT2D eigenvalue weighted by Gasteiger charge is -2.08.